The van der Waals surface area contributed by atoms with E-state index in [9.17, 15) is 19.7 Å². The van der Waals surface area contributed by atoms with Gasteiger partial charge in [0.25, 0.3) is 5.09 Å². The maximum Gasteiger partial charge on any atom is 0.325 e. The van der Waals surface area contributed by atoms with Gasteiger partial charge in [-0.05, 0) is 6.92 Å². The molecule has 2 aliphatic heterocycles. The molecule has 22 heavy (non-hydrogen) atoms. The molecular weight excluding hydrogens is 302 g/mol. The Labute approximate surface area is 125 Å². The first kappa shape index (κ1) is 16.2. The Kier molecular flexibility index (Phi) is 5.33. The van der Waals surface area contributed by atoms with Crippen molar-refractivity contribution in [2.75, 3.05) is 26.4 Å². The lowest BCUT2D eigenvalue weighted by atomic mass is 10.1. The summed E-state index contributed by atoms with van der Waals surface area (Å²) in [6.45, 7) is 1.79. The van der Waals surface area contributed by atoms with E-state index >= 15 is 0 Å². The lowest BCUT2D eigenvalue weighted by Crippen LogP contribution is -2.49. The van der Waals surface area contributed by atoms with Gasteiger partial charge in [0, 0.05) is 0 Å². The van der Waals surface area contributed by atoms with E-state index < -0.39 is 41.4 Å². The van der Waals surface area contributed by atoms with E-state index in [0.717, 1.165) is 0 Å². The van der Waals surface area contributed by atoms with Crippen LogP contribution in [0, 0.1) is 10.1 Å². The Bertz CT molecular complexity index is 445. The van der Waals surface area contributed by atoms with E-state index in [2.05, 4.69) is 20.2 Å². The molecule has 0 aromatic heterocycles. The summed E-state index contributed by atoms with van der Waals surface area (Å²) in [4.78, 5) is 37.6. The maximum absolute atomic E-state index is 11.7. The molecule has 0 saturated carbocycles. The highest BCUT2D eigenvalue weighted by atomic mass is 17.0. The third-order valence-electron chi connectivity index (χ3n) is 3.24. The Morgan fingerprint density at radius 2 is 2.05 bits per heavy atom. The summed E-state index contributed by atoms with van der Waals surface area (Å²) in [6.07, 6.45) is -1.95. The van der Waals surface area contributed by atoms with Crippen molar-refractivity contribution >= 4 is 12.0 Å². The molecule has 0 radical (unpaired) electrons. The topological polar surface area (TPSA) is 138 Å². The van der Waals surface area contributed by atoms with Crippen molar-refractivity contribution in [1.29, 1.82) is 0 Å². The standard InChI is InChI=1S/C11H17N3O8/c1-2-19-8(15)3-12-11(16)13-6-4-20-10-7(22-14(17)18)5-21-9(6)10/h6-7,9-10H,2-5H2,1H3,(H2,12,13,16)/t6-,7?,9+,10+/m0/s1. The van der Waals surface area contributed by atoms with Crippen molar-refractivity contribution in [3.63, 3.8) is 0 Å². The van der Waals surface area contributed by atoms with E-state index in [4.69, 9.17) is 9.47 Å². The molecule has 4 atom stereocenters. The van der Waals surface area contributed by atoms with Crippen LogP contribution >= 0.6 is 0 Å². The fraction of sp³-hybridized carbons (Fsp3) is 0.818. The van der Waals surface area contributed by atoms with Gasteiger partial charge in [-0.1, -0.05) is 0 Å². The van der Waals surface area contributed by atoms with Gasteiger partial charge < -0.3 is 29.7 Å². The van der Waals surface area contributed by atoms with Crippen LogP contribution in [0.15, 0.2) is 0 Å². The van der Waals surface area contributed by atoms with E-state index in [-0.39, 0.29) is 26.4 Å². The van der Waals surface area contributed by atoms with Crippen molar-refractivity contribution in [2.45, 2.75) is 31.3 Å². The smallest absolute Gasteiger partial charge is 0.325 e. The molecule has 0 aromatic carbocycles. The molecule has 11 nitrogen and oxygen atoms in total. The summed E-state index contributed by atoms with van der Waals surface area (Å²) in [6, 6.07) is -1.06. The number of rotatable bonds is 6. The molecule has 2 rings (SSSR count). The minimum Gasteiger partial charge on any atom is -0.465 e. The molecule has 0 aromatic rings. The third-order valence-corrected chi connectivity index (χ3v) is 3.24. The molecular formula is C11H17N3O8. The van der Waals surface area contributed by atoms with Gasteiger partial charge in [0.15, 0.2) is 6.10 Å². The van der Waals surface area contributed by atoms with Gasteiger partial charge in [0.05, 0.1) is 25.9 Å². The highest BCUT2D eigenvalue weighted by molar-refractivity contribution is 5.80. The molecule has 11 heteroatoms. The van der Waals surface area contributed by atoms with E-state index in [1.165, 1.54) is 0 Å². The lowest BCUT2D eigenvalue weighted by molar-refractivity contribution is -0.769. The second kappa shape index (κ2) is 7.22. The van der Waals surface area contributed by atoms with E-state index in [1.54, 1.807) is 6.92 Å². The first-order valence-electron chi connectivity index (χ1n) is 6.75. The first-order valence-corrected chi connectivity index (χ1v) is 6.75. The Morgan fingerprint density at radius 1 is 1.32 bits per heavy atom. The normalized spacial score (nSPS) is 29.5. The summed E-state index contributed by atoms with van der Waals surface area (Å²) in [5.41, 5.74) is 0. The zero-order valence-electron chi connectivity index (χ0n) is 11.9. The SMILES string of the molecule is CCOC(=O)CNC(=O)N[C@H]1CO[C@@H]2C(O[N+](=O)[O-])CO[C@H]12. The van der Waals surface area contributed by atoms with Crippen molar-refractivity contribution < 1.29 is 33.7 Å². The van der Waals surface area contributed by atoms with Gasteiger partial charge >= 0.3 is 12.0 Å². The van der Waals surface area contributed by atoms with Crippen LogP contribution in [0.3, 0.4) is 0 Å². The number of fused-ring (bicyclic) bond motifs is 1. The van der Waals surface area contributed by atoms with Gasteiger partial charge in [-0.2, -0.15) is 0 Å². The van der Waals surface area contributed by atoms with Crippen molar-refractivity contribution in [3.05, 3.63) is 10.1 Å². The molecule has 2 saturated heterocycles. The Balaban J connectivity index is 1.77. The second-order valence-corrected chi connectivity index (χ2v) is 4.70. The number of nitrogens with zero attached hydrogens (tertiary/aromatic N) is 1. The number of carbonyl (C=O) groups is 2. The van der Waals surface area contributed by atoms with Crippen molar-refractivity contribution in [1.82, 2.24) is 10.6 Å². The van der Waals surface area contributed by atoms with Gasteiger partial charge in [-0.3, -0.25) is 4.79 Å². The summed E-state index contributed by atoms with van der Waals surface area (Å²) < 4.78 is 15.4. The second-order valence-electron chi connectivity index (χ2n) is 4.70. The monoisotopic (exact) mass is 319 g/mol. The number of urea groups is 1. The summed E-state index contributed by atoms with van der Waals surface area (Å²) in [7, 11) is 0. The maximum atomic E-state index is 11.7. The van der Waals surface area contributed by atoms with Crippen molar-refractivity contribution in [3.8, 4) is 0 Å². The zero-order valence-corrected chi connectivity index (χ0v) is 11.9. The average Bonchev–Trinajstić information content (AvgIpc) is 3.01. The molecule has 0 aliphatic carbocycles. The summed E-state index contributed by atoms with van der Waals surface area (Å²) in [5.74, 6) is -0.547. The third kappa shape index (κ3) is 3.95. The Hall–Kier alpha value is -2.14. The molecule has 2 fully saturated rings. The van der Waals surface area contributed by atoms with E-state index in [1.807, 2.05) is 0 Å². The highest BCUT2D eigenvalue weighted by Gasteiger charge is 2.49. The molecule has 2 aliphatic rings. The van der Waals surface area contributed by atoms with Crippen LogP contribution in [0.25, 0.3) is 0 Å². The molecule has 124 valence electrons. The van der Waals surface area contributed by atoms with Gasteiger partial charge in [0.2, 0.25) is 0 Å². The van der Waals surface area contributed by atoms with Crippen LogP contribution in [0.2, 0.25) is 0 Å². The fourth-order valence-electron chi connectivity index (χ4n) is 2.37. The van der Waals surface area contributed by atoms with Crippen LogP contribution in [0.4, 0.5) is 4.79 Å². The predicted octanol–water partition coefficient (Wildman–Crippen LogP) is -1.41. The van der Waals surface area contributed by atoms with Crippen LogP contribution in [0.1, 0.15) is 6.92 Å². The molecule has 2 heterocycles. The number of amides is 2. The largest absolute Gasteiger partial charge is 0.465 e. The predicted molar refractivity (Wildman–Crippen MR) is 68.3 cm³/mol. The first-order chi connectivity index (χ1) is 10.5. The molecule has 1 unspecified atom stereocenters. The van der Waals surface area contributed by atoms with Crippen LogP contribution < -0.4 is 10.6 Å². The van der Waals surface area contributed by atoms with Crippen molar-refractivity contribution in [2.24, 2.45) is 0 Å². The molecule has 0 bridgehead atoms. The van der Waals surface area contributed by atoms with E-state index in [0.29, 0.717) is 0 Å². The zero-order chi connectivity index (χ0) is 16.1. The number of nitrogens with one attached hydrogen (secondary N) is 2. The number of ether oxygens (including phenoxy) is 3. The molecule has 0 spiro atoms. The molecule has 2 amide bonds. The summed E-state index contributed by atoms with van der Waals surface area (Å²) in [5, 5.41) is 14.4. The number of hydrogen-bond donors (Lipinski definition) is 2. The van der Waals surface area contributed by atoms with Crippen LogP contribution in [0.5, 0.6) is 0 Å². The minimum absolute atomic E-state index is 0.0128. The van der Waals surface area contributed by atoms with Crippen LogP contribution in [-0.2, 0) is 23.8 Å². The van der Waals surface area contributed by atoms with Gasteiger partial charge in [0.1, 0.15) is 18.8 Å². The van der Waals surface area contributed by atoms with Crippen LogP contribution in [-0.4, -0.2) is 67.8 Å². The molecule has 2 N–H and O–H groups in total. The number of carbonyl (C=O) groups excluding carboxylic acids is 2. The Morgan fingerprint density at radius 3 is 2.73 bits per heavy atom. The minimum atomic E-state index is -0.896. The van der Waals surface area contributed by atoms with Gasteiger partial charge in [-0.15, -0.1) is 10.1 Å². The number of esters is 1. The highest BCUT2D eigenvalue weighted by Crippen LogP contribution is 2.28. The van der Waals surface area contributed by atoms with Gasteiger partial charge in [-0.25, -0.2) is 4.79 Å². The average molecular weight is 319 g/mol. The lowest BCUT2D eigenvalue weighted by Gasteiger charge is -2.17. The summed E-state index contributed by atoms with van der Waals surface area (Å²) >= 11 is 0. The fourth-order valence-corrected chi connectivity index (χ4v) is 2.37. The quantitative estimate of drug-likeness (QED) is 0.346. The number of hydrogen-bond acceptors (Lipinski definition) is 8.